The monoisotopic (exact) mass is 294 g/mol. The zero-order valence-electron chi connectivity index (χ0n) is 12.8. The van der Waals surface area contributed by atoms with Gasteiger partial charge in [-0.15, -0.1) is 0 Å². The molecule has 6 atom stereocenters. The number of hydrogen-bond donors (Lipinski definition) is 2. The zero-order chi connectivity index (χ0) is 15.4. The van der Waals surface area contributed by atoms with Gasteiger partial charge in [0.2, 0.25) is 0 Å². The van der Waals surface area contributed by atoms with Gasteiger partial charge in [0, 0.05) is 18.3 Å². The Kier molecular flexibility index (Phi) is 5.59. The van der Waals surface area contributed by atoms with Crippen molar-refractivity contribution in [1.29, 1.82) is 0 Å². The lowest BCUT2D eigenvalue weighted by molar-refractivity contribution is -0.141. The molecule has 4 heteroatoms. The van der Waals surface area contributed by atoms with Crippen LogP contribution in [0.15, 0.2) is 24.3 Å². The first-order chi connectivity index (χ1) is 10.0. The molecule has 21 heavy (non-hydrogen) atoms. The van der Waals surface area contributed by atoms with Crippen molar-refractivity contribution in [3.63, 3.8) is 0 Å². The van der Waals surface area contributed by atoms with Crippen LogP contribution in [0.4, 0.5) is 0 Å². The summed E-state index contributed by atoms with van der Waals surface area (Å²) in [6.07, 6.45) is 9.39. The fourth-order valence-corrected chi connectivity index (χ4v) is 3.24. The molecule has 0 amide bonds. The normalized spacial score (nSPS) is 35.3. The molecule has 1 saturated carbocycles. The maximum absolute atomic E-state index is 11.3. The molecule has 0 bridgehead atoms. The number of allylic oxidation sites excluding steroid dienone is 2. The predicted octanol–water partition coefficient (Wildman–Crippen LogP) is 2.21. The molecule has 0 spiro atoms. The van der Waals surface area contributed by atoms with E-state index in [1.165, 1.54) is 0 Å². The molecule has 1 aliphatic carbocycles. The summed E-state index contributed by atoms with van der Waals surface area (Å²) in [7, 11) is 0. The molecular formula is C17H26O4. The second-order valence-electron chi connectivity index (χ2n) is 6.24. The van der Waals surface area contributed by atoms with E-state index in [2.05, 4.69) is 19.1 Å². The molecule has 0 aromatic heterocycles. The van der Waals surface area contributed by atoms with Crippen molar-refractivity contribution in [2.24, 2.45) is 17.8 Å². The fourth-order valence-electron chi connectivity index (χ4n) is 3.24. The Morgan fingerprint density at radius 2 is 2.19 bits per heavy atom. The van der Waals surface area contributed by atoms with Crippen LogP contribution in [0.1, 0.15) is 39.5 Å². The summed E-state index contributed by atoms with van der Waals surface area (Å²) in [4.78, 5) is 11.3. The predicted molar refractivity (Wildman–Crippen MR) is 80.5 cm³/mol. The van der Waals surface area contributed by atoms with Gasteiger partial charge < -0.3 is 14.9 Å². The summed E-state index contributed by atoms with van der Waals surface area (Å²) in [6, 6.07) is 0. The van der Waals surface area contributed by atoms with Crippen LogP contribution in [0, 0.1) is 17.8 Å². The highest BCUT2D eigenvalue weighted by Gasteiger charge is 2.48. The van der Waals surface area contributed by atoms with Crippen molar-refractivity contribution >= 4 is 5.97 Å². The molecule has 2 rings (SSSR count). The van der Waals surface area contributed by atoms with Crippen molar-refractivity contribution in [3.8, 4) is 0 Å². The third-order valence-corrected chi connectivity index (χ3v) is 4.60. The highest BCUT2D eigenvalue weighted by molar-refractivity contribution is 5.72. The van der Waals surface area contributed by atoms with Crippen LogP contribution >= 0.6 is 0 Å². The number of esters is 1. The Hall–Kier alpha value is -1.13. The average Bonchev–Trinajstić information content (AvgIpc) is 2.91. The van der Waals surface area contributed by atoms with Gasteiger partial charge in [0.25, 0.3) is 0 Å². The van der Waals surface area contributed by atoms with E-state index in [-0.39, 0.29) is 29.8 Å². The lowest BCUT2D eigenvalue weighted by Gasteiger charge is -2.17. The van der Waals surface area contributed by atoms with E-state index in [0.717, 1.165) is 12.8 Å². The minimum Gasteiger partial charge on any atom is -0.462 e. The number of fused-ring (bicyclic) bond motifs is 1. The molecule has 2 aliphatic rings. The van der Waals surface area contributed by atoms with E-state index >= 15 is 0 Å². The van der Waals surface area contributed by atoms with Crippen LogP contribution in [-0.2, 0) is 9.53 Å². The number of ether oxygens (including phenoxy) is 1. The van der Waals surface area contributed by atoms with Crippen LogP contribution in [0.25, 0.3) is 0 Å². The van der Waals surface area contributed by atoms with E-state index in [1.54, 1.807) is 6.08 Å². The molecule has 1 heterocycles. The summed E-state index contributed by atoms with van der Waals surface area (Å²) in [5, 5.41) is 20.2. The van der Waals surface area contributed by atoms with Gasteiger partial charge >= 0.3 is 5.97 Å². The fraction of sp³-hybridized carbons (Fsp3) is 0.706. The lowest BCUT2D eigenvalue weighted by atomic mass is 9.90. The maximum Gasteiger partial charge on any atom is 0.306 e. The number of carbonyl (C=O) groups excluding carboxylic acids is 1. The molecule has 118 valence electrons. The van der Waals surface area contributed by atoms with Gasteiger partial charge in [-0.25, -0.2) is 0 Å². The van der Waals surface area contributed by atoms with E-state index in [4.69, 9.17) is 4.74 Å². The number of aliphatic hydroxyl groups excluding tert-OH is 2. The molecule has 2 N–H and O–H groups in total. The largest absolute Gasteiger partial charge is 0.462 e. The third-order valence-electron chi connectivity index (χ3n) is 4.60. The number of aliphatic hydroxyl groups is 2. The first-order valence-corrected chi connectivity index (χ1v) is 7.91. The van der Waals surface area contributed by atoms with E-state index in [1.807, 2.05) is 13.0 Å². The Labute approximate surface area is 126 Å². The van der Waals surface area contributed by atoms with Gasteiger partial charge in [-0.05, 0) is 18.8 Å². The molecule has 0 radical (unpaired) electrons. The van der Waals surface area contributed by atoms with Gasteiger partial charge in [0.05, 0.1) is 18.6 Å². The number of rotatable bonds is 6. The van der Waals surface area contributed by atoms with E-state index in [0.29, 0.717) is 12.8 Å². The SMILES string of the molecule is CC/C=C\C[C@H](C)[C@H](O)/C=C/[C@@H]1[C@H]2CC(=O)O[C@H]2C[C@H]1O. The van der Waals surface area contributed by atoms with E-state index in [9.17, 15) is 15.0 Å². The molecular weight excluding hydrogens is 268 g/mol. The van der Waals surface area contributed by atoms with Crippen LogP contribution in [0.3, 0.4) is 0 Å². The molecule has 1 aliphatic heterocycles. The number of hydrogen-bond acceptors (Lipinski definition) is 4. The Balaban J connectivity index is 1.90. The highest BCUT2D eigenvalue weighted by atomic mass is 16.6. The molecule has 0 aromatic rings. The standard InChI is InChI=1S/C17H26O4/c1-3-4-5-6-11(2)14(18)8-7-12-13-9-17(20)21-16(13)10-15(12)19/h4-5,7-8,11-16,18-19H,3,6,9-10H2,1-2H3/b5-4-,8-7+/t11-,12+,13+,14+,15+,16-/m0/s1. The van der Waals surface area contributed by atoms with Gasteiger partial charge in [-0.2, -0.15) is 0 Å². The minimum absolute atomic E-state index is 0.0613. The molecule has 2 fully saturated rings. The molecule has 1 saturated heterocycles. The van der Waals surface area contributed by atoms with Crippen molar-refractivity contribution in [2.75, 3.05) is 0 Å². The van der Waals surface area contributed by atoms with Crippen LogP contribution < -0.4 is 0 Å². The van der Waals surface area contributed by atoms with Crippen LogP contribution in [0.2, 0.25) is 0 Å². The molecule has 0 unspecified atom stereocenters. The second-order valence-corrected chi connectivity index (χ2v) is 6.24. The Morgan fingerprint density at radius 3 is 2.90 bits per heavy atom. The highest BCUT2D eigenvalue weighted by Crippen LogP contribution is 2.42. The van der Waals surface area contributed by atoms with E-state index < -0.39 is 12.2 Å². The first kappa shape index (κ1) is 16.2. The molecule has 0 aromatic carbocycles. The minimum atomic E-state index is -0.532. The maximum atomic E-state index is 11.3. The van der Waals surface area contributed by atoms with Crippen LogP contribution in [-0.4, -0.2) is 34.5 Å². The zero-order valence-corrected chi connectivity index (χ0v) is 12.8. The van der Waals surface area contributed by atoms with Gasteiger partial charge in [0.15, 0.2) is 0 Å². The smallest absolute Gasteiger partial charge is 0.306 e. The average molecular weight is 294 g/mol. The summed E-state index contributed by atoms with van der Waals surface area (Å²) in [6.45, 7) is 4.09. The summed E-state index contributed by atoms with van der Waals surface area (Å²) < 4.78 is 5.20. The van der Waals surface area contributed by atoms with Gasteiger partial charge in [0.1, 0.15) is 6.10 Å². The van der Waals surface area contributed by atoms with Gasteiger partial charge in [-0.3, -0.25) is 4.79 Å². The second kappa shape index (κ2) is 7.23. The summed E-state index contributed by atoms with van der Waals surface area (Å²) in [5.41, 5.74) is 0. The van der Waals surface area contributed by atoms with Crippen molar-refractivity contribution in [1.82, 2.24) is 0 Å². The Bertz CT molecular complexity index is 415. The van der Waals surface area contributed by atoms with Gasteiger partial charge in [-0.1, -0.05) is 38.2 Å². The third kappa shape index (κ3) is 3.95. The summed E-state index contributed by atoms with van der Waals surface area (Å²) in [5.74, 6) is -0.0606. The number of carbonyl (C=O) groups is 1. The van der Waals surface area contributed by atoms with Crippen molar-refractivity contribution in [2.45, 2.75) is 57.8 Å². The van der Waals surface area contributed by atoms with Crippen LogP contribution in [0.5, 0.6) is 0 Å². The van der Waals surface area contributed by atoms with Crippen molar-refractivity contribution < 1.29 is 19.7 Å². The molecule has 4 nitrogen and oxygen atoms in total. The van der Waals surface area contributed by atoms with Crippen molar-refractivity contribution in [3.05, 3.63) is 24.3 Å². The Morgan fingerprint density at radius 1 is 1.43 bits per heavy atom. The topological polar surface area (TPSA) is 66.8 Å². The first-order valence-electron chi connectivity index (χ1n) is 7.91. The summed E-state index contributed by atoms with van der Waals surface area (Å²) >= 11 is 0. The quantitative estimate of drug-likeness (QED) is 0.582. The lowest BCUT2D eigenvalue weighted by Crippen LogP contribution is -2.20.